The number of nitrogen functional groups attached to an aromatic ring is 1. The number of amides is 1. The Morgan fingerprint density at radius 2 is 2.22 bits per heavy atom. The van der Waals surface area contributed by atoms with E-state index in [-0.39, 0.29) is 11.9 Å². The summed E-state index contributed by atoms with van der Waals surface area (Å²) >= 11 is 3.45. The summed E-state index contributed by atoms with van der Waals surface area (Å²) in [6.07, 6.45) is 1.92. The number of halogens is 1. The van der Waals surface area contributed by atoms with Crippen LogP contribution in [0.2, 0.25) is 0 Å². The average molecular weight is 312 g/mol. The van der Waals surface area contributed by atoms with Crippen molar-refractivity contribution in [2.45, 2.75) is 18.9 Å². The molecule has 1 fully saturated rings. The number of nitrogens with two attached hydrogens (primary N) is 1. The van der Waals surface area contributed by atoms with E-state index in [0.29, 0.717) is 0 Å². The fourth-order valence-electron chi connectivity index (χ4n) is 2.38. The van der Waals surface area contributed by atoms with E-state index in [0.717, 1.165) is 35.2 Å². The third-order valence-electron chi connectivity index (χ3n) is 3.28. The van der Waals surface area contributed by atoms with E-state index in [1.807, 2.05) is 18.2 Å². The van der Waals surface area contributed by atoms with Gasteiger partial charge in [-0.05, 0) is 31.0 Å². The van der Waals surface area contributed by atoms with Gasteiger partial charge in [-0.2, -0.15) is 0 Å². The minimum absolute atomic E-state index is 0.0865. The van der Waals surface area contributed by atoms with Gasteiger partial charge in [0, 0.05) is 25.1 Å². The van der Waals surface area contributed by atoms with E-state index >= 15 is 0 Å². The van der Waals surface area contributed by atoms with Crippen LogP contribution in [0.4, 0.5) is 11.4 Å². The highest BCUT2D eigenvalue weighted by Crippen LogP contribution is 2.33. The van der Waals surface area contributed by atoms with Crippen molar-refractivity contribution in [3.8, 4) is 0 Å². The number of nitrogens with zero attached hydrogens (tertiary/aromatic N) is 2. The first-order valence-corrected chi connectivity index (χ1v) is 6.83. The summed E-state index contributed by atoms with van der Waals surface area (Å²) in [6.45, 7) is 0.880. The molecule has 0 radical (unpaired) electrons. The molecule has 1 aliphatic heterocycles. The Labute approximate surface area is 116 Å². The van der Waals surface area contributed by atoms with Crippen molar-refractivity contribution < 1.29 is 4.79 Å². The highest BCUT2D eigenvalue weighted by molar-refractivity contribution is 9.10. The van der Waals surface area contributed by atoms with Crippen LogP contribution in [-0.2, 0) is 4.79 Å². The topological polar surface area (TPSA) is 49.6 Å². The molecule has 1 aromatic rings. The minimum atomic E-state index is -0.0865. The van der Waals surface area contributed by atoms with Gasteiger partial charge in [-0.1, -0.05) is 15.9 Å². The fraction of sp³-hybridized carbons (Fsp3) is 0.462. The molecule has 0 bridgehead atoms. The lowest BCUT2D eigenvalue weighted by Crippen LogP contribution is -2.43. The minimum Gasteiger partial charge on any atom is -0.397 e. The van der Waals surface area contributed by atoms with E-state index < -0.39 is 0 Å². The van der Waals surface area contributed by atoms with Gasteiger partial charge in [-0.25, -0.2) is 0 Å². The van der Waals surface area contributed by atoms with Crippen molar-refractivity contribution in [2.75, 3.05) is 31.3 Å². The van der Waals surface area contributed by atoms with Gasteiger partial charge in [-0.3, -0.25) is 4.79 Å². The number of anilines is 2. The van der Waals surface area contributed by atoms with Gasteiger partial charge in [0.15, 0.2) is 0 Å². The van der Waals surface area contributed by atoms with Crippen LogP contribution in [0.15, 0.2) is 22.7 Å². The summed E-state index contributed by atoms with van der Waals surface area (Å²) < 4.78 is 0.981. The Morgan fingerprint density at radius 1 is 1.50 bits per heavy atom. The molecule has 98 valence electrons. The Kier molecular flexibility index (Phi) is 3.80. The van der Waals surface area contributed by atoms with Gasteiger partial charge in [0.25, 0.3) is 0 Å². The first kappa shape index (κ1) is 13.2. The third-order valence-corrected chi connectivity index (χ3v) is 3.77. The van der Waals surface area contributed by atoms with Crippen molar-refractivity contribution in [3.05, 3.63) is 22.7 Å². The molecule has 1 aromatic carbocycles. The van der Waals surface area contributed by atoms with Crippen LogP contribution in [0, 0.1) is 0 Å². The molecule has 4 nitrogen and oxygen atoms in total. The average Bonchev–Trinajstić information content (AvgIpc) is 2.80. The second-order valence-corrected chi connectivity index (χ2v) is 5.70. The van der Waals surface area contributed by atoms with Gasteiger partial charge >= 0.3 is 0 Å². The monoisotopic (exact) mass is 311 g/mol. The van der Waals surface area contributed by atoms with E-state index in [1.165, 1.54) is 0 Å². The van der Waals surface area contributed by atoms with Crippen LogP contribution >= 0.6 is 15.9 Å². The molecule has 0 spiro atoms. The van der Waals surface area contributed by atoms with Crippen LogP contribution in [0.25, 0.3) is 0 Å². The molecular formula is C13H18BrN3O. The largest absolute Gasteiger partial charge is 0.397 e. The molecule has 1 atom stereocenters. The molecule has 1 amide bonds. The smallest absolute Gasteiger partial charge is 0.244 e. The third kappa shape index (κ3) is 2.46. The molecule has 18 heavy (non-hydrogen) atoms. The molecule has 5 heteroatoms. The maximum absolute atomic E-state index is 12.2. The number of likely N-dealkylation sites (N-methyl/N-ethyl adjacent to an activating group) is 1. The van der Waals surface area contributed by atoms with Crippen LogP contribution in [0.5, 0.6) is 0 Å². The standard InChI is InChI=1S/C13H18BrN3O/c1-16(2)13(18)11-4-3-7-17(11)12-8-9(14)5-6-10(12)15/h5-6,8,11H,3-4,7,15H2,1-2H3. The Morgan fingerprint density at radius 3 is 2.89 bits per heavy atom. The van der Waals surface area contributed by atoms with Gasteiger partial charge in [-0.15, -0.1) is 0 Å². The lowest BCUT2D eigenvalue weighted by molar-refractivity contribution is -0.129. The second-order valence-electron chi connectivity index (χ2n) is 4.79. The van der Waals surface area contributed by atoms with Crippen molar-refractivity contribution in [1.82, 2.24) is 4.90 Å². The first-order chi connectivity index (χ1) is 8.50. The van der Waals surface area contributed by atoms with E-state index in [9.17, 15) is 4.79 Å². The zero-order valence-electron chi connectivity index (χ0n) is 10.7. The normalized spacial score (nSPS) is 19.1. The van der Waals surface area contributed by atoms with Crippen molar-refractivity contribution in [3.63, 3.8) is 0 Å². The van der Waals surface area contributed by atoms with Crippen LogP contribution < -0.4 is 10.6 Å². The molecule has 1 saturated heterocycles. The molecule has 2 N–H and O–H groups in total. The number of rotatable bonds is 2. The molecule has 1 heterocycles. The lowest BCUT2D eigenvalue weighted by atomic mass is 10.1. The second kappa shape index (κ2) is 5.18. The SMILES string of the molecule is CN(C)C(=O)C1CCCN1c1cc(Br)ccc1N. The molecule has 0 aromatic heterocycles. The quantitative estimate of drug-likeness (QED) is 0.851. The maximum atomic E-state index is 12.2. The van der Waals surface area contributed by atoms with Crippen molar-refractivity contribution in [2.24, 2.45) is 0 Å². The van der Waals surface area contributed by atoms with Crippen LogP contribution in [0.3, 0.4) is 0 Å². The summed E-state index contributed by atoms with van der Waals surface area (Å²) in [5.41, 5.74) is 7.69. The van der Waals surface area contributed by atoms with Gasteiger partial charge in [0.05, 0.1) is 11.4 Å². The van der Waals surface area contributed by atoms with Gasteiger partial charge < -0.3 is 15.5 Å². The Hall–Kier alpha value is -1.23. The molecule has 0 saturated carbocycles. The van der Waals surface area contributed by atoms with Crippen molar-refractivity contribution in [1.29, 1.82) is 0 Å². The van der Waals surface area contributed by atoms with E-state index in [1.54, 1.807) is 19.0 Å². The Balaban J connectivity index is 2.31. The van der Waals surface area contributed by atoms with Gasteiger partial charge in [0.2, 0.25) is 5.91 Å². The number of carbonyl (C=O) groups is 1. The summed E-state index contributed by atoms with van der Waals surface area (Å²) in [4.78, 5) is 15.9. The van der Waals surface area contributed by atoms with Crippen LogP contribution in [0.1, 0.15) is 12.8 Å². The summed E-state index contributed by atoms with van der Waals surface area (Å²) in [5, 5.41) is 0. The summed E-state index contributed by atoms with van der Waals surface area (Å²) in [6, 6.07) is 5.68. The molecule has 2 rings (SSSR count). The number of hydrogen-bond acceptors (Lipinski definition) is 3. The fourth-order valence-corrected chi connectivity index (χ4v) is 2.72. The molecular weight excluding hydrogens is 294 g/mol. The zero-order chi connectivity index (χ0) is 13.3. The van der Waals surface area contributed by atoms with Crippen molar-refractivity contribution >= 4 is 33.2 Å². The first-order valence-electron chi connectivity index (χ1n) is 6.03. The summed E-state index contributed by atoms with van der Waals surface area (Å²) in [5.74, 6) is 0.145. The molecule has 1 unspecified atom stereocenters. The summed E-state index contributed by atoms with van der Waals surface area (Å²) in [7, 11) is 3.59. The lowest BCUT2D eigenvalue weighted by Gasteiger charge is -2.29. The highest BCUT2D eigenvalue weighted by Gasteiger charge is 2.32. The predicted octanol–water partition coefficient (Wildman–Crippen LogP) is 2.09. The number of hydrogen-bond donors (Lipinski definition) is 1. The zero-order valence-corrected chi connectivity index (χ0v) is 12.3. The number of carbonyl (C=O) groups excluding carboxylic acids is 1. The van der Waals surface area contributed by atoms with E-state index in [2.05, 4.69) is 20.8 Å². The molecule has 1 aliphatic rings. The molecule has 0 aliphatic carbocycles. The Bertz CT molecular complexity index is 462. The van der Waals surface area contributed by atoms with Crippen LogP contribution in [-0.4, -0.2) is 37.5 Å². The van der Waals surface area contributed by atoms with E-state index in [4.69, 9.17) is 5.73 Å². The predicted molar refractivity (Wildman–Crippen MR) is 77.6 cm³/mol. The number of benzene rings is 1. The van der Waals surface area contributed by atoms with Gasteiger partial charge in [0.1, 0.15) is 6.04 Å². The highest BCUT2D eigenvalue weighted by atomic mass is 79.9. The maximum Gasteiger partial charge on any atom is 0.244 e.